The van der Waals surface area contributed by atoms with E-state index in [-0.39, 0.29) is 0 Å². The molecule has 106 valence electrons. The molecule has 2 heteroatoms. The SMILES string of the molecule is CCCCOc1ccccc1NCc1ccccc1C. The highest BCUT2D eigenvalue weighted by molar-refractivity contribution is 5.56. The second kappa shape index (κ2) is 7.59. The van der Waals surface area contributed by atoms with E-state index >= 15 is 0 Å². The molecular formula is C18H23NO. The molecule has 2 aromatic rings. The van der Waals surface area contributed by atoms with Gasteiger partial charge in [-0.15, -0.1) is 0 Å². The normalized spacial score (nSPS) is 10.3. The predicted octanol–water partition coefficient (Wildman–Crippen LogP) is 4.79. The molecule has 2 rings (SSSR count). The summed E-state index contributed by atoms with van der Waals surface area (Å²) in [5, 5.41) is 3.47. The van der Waals surface area contributed by atoms with Gasteiger partial charge in [0, 0.05) is 6.54 Å². The first-order chi connectivity index (χ1) is 9.81. The van der Waals surface area contributed by atoms with Gasteiger partial charge >= 0.3 is 0 Å². The second-order valence-corrected chi connectivity index (χ2v) is 4.98. The minimum atomic E-state index is 0.777. The van der Waals surface area contributed by atoms with Gasteiger partial charge in [0.05, 0.1) is 12.3 Å². The molecule has 0 spiro atoms. The monoisotopic (exact) mass is 269 g/mol. The first kappa shape index (κ1) is 14.4. The van der Waals surface area contributed by atoms with Crippen LogP contribution in [0.2, 0.25) is 0 Å². The van der Waals surface area contributed by atoms with Crippen LogP contribution < -0.4 is 10.1 Å². The third kappa shape index (κ3) is 4.02. The molecular weight excluding hydrogens is 246 g/mol. The molecule has 0 atom stereocenters. The number of nitrogens with one attached hydrogen (secondary N) is 1. The second-order valence-electron chi connectivity index (χ2n) is 4.98. The number of anilines is 1. The van der Waals surface area contributed by atoms with E-state index in [9.17, 15) is 0 Å². The number of hydrogen-bond donors (Lipinski definition) is 1. The predicted molar refractivity (Wildman–Crippen MR) is 85.4 cm³/mol. The van der Waals surface area contributed by atoms with Crippen molar-refractivity contribution in [2.45, 2.75) is 33.2 Å². The Morgan fingerprint density at radius 1 is 1.00 bits per heavy atom. The quantitative estimate of drug-likeness (QED) is 0.730. The fourth-order valence-electron chi connectivity index (χ4n) is 2.06. The standard InChI is InChI=1S/C18H23NO/c1-3-4-13-20-18-12-8-7-11-17(18)19-14-16-10-6-5-9-15(16)2/h5-12,19H,3-4,13-14H2,1-2H3. The Balaban J connectivity index is 2.00. The van der Waals surface area contributed by atoms with Crippen molar-refractivity contribution in [1.82, 2.24) is 0 Å². The van der Waals surface area contributed by atoms with E-state index in [1.807, 2.05) is 18.2 Å². The molecule has 0 amide bonds. The van der Waals surface area contributed by atoms with Crippen molar-refractivity contribution in [2.24, 2.45) is 0 Å². The number of rotatable bonds is 7. The maximum absolute atomic E-state index is 5.83. The van der Waals surface area contributed by atoms with E-state index in [1.165, 1.54) is 11.1 Å². The fourth-order valence-corrected chi connectivity index (χ4v) is 2.06. The van der Waals surface area contributed by atoms with E-state index in [4.69, 9.17) is 4.74 Å². The molecule has 0 bridgehead atoms. The molecule has 0 aliphatic heterocycles. The highest BCUT2D eigenvalue weighted by atomic mass is 16.5. The van der Waals surface area contributed by atoms with Gasteiger partial charge in [-0.2, -0.15) is 0 Å². The Bertz CT molecular complexity index is 536. The van der Waals surface area contributed by atoms with Crippen LogP contribution in [0.5, 0.6) is 5.75 Å². The third-order valence-corrected chi connectivity index (χ3v) is 3.37. The zero-order valence-electron chi connectivity index (χ0n) is 12.4. The van der Waals surface area contributed by atoms with Gasteiger partial charge in [-0.25, -0.2) is 0 Å². The molecule has 2 aromatic carbocycles. The molecule has 2 nitrogen and oxygen atoms in total. The zero-order valence-corrected chi connectivity index (χ0v) is 12.4. The lowest BCUT2D eigenvalue weighted by Gasteiger charge is -2.14. The Hall–Kier alpha value is -1.96. The minimum Gasteiger partial charge on any atom is -0.491 e. The van der Waals surface area contributed by atoms with Crippen molar-refractivity contribution in [3.63, 3.8) is 0 Å². The third-order valence-electron chi connectivity index (χ3n) is 3.37. The highest BCUT2D eigenvalue weighted by Crippen LogP contribution is 2.24. The number of para-hydroxylation sites is 2. The van der Waals surface area contributed by atoms with Gasteiger partial charge < -0.3 is 10.1 Å². The van der Waals surface area contributed by atoms with Gasteiger partial charge in [-0.3, -0.25) is 0 Å². The van der Waals surface area contributed by atoms with Gasteiger partial charge in [0.25, 0.3) is 0 Å². The van der Waals surface area contributed by atoms with Crippen LogP contribution in [0, 0.1) is 6.92 Å². The van der Waals surface area contributed by atoms with Gasteiger partial charge in [-0.05, 0) is 36.6 Å². The zero-order chi connectivity index (χ0) is 14.2. The number of ether oxygens (including phenoxy) is 1. The van der Waals surface area contributed by atoms with Crippen molar-refractivity contribution in [1.29, 1.82) is 0 Å². The summed E-state index contributed by atoms with van der Waals surface area (Å²) in [6.07, 6.45) is 2.24. The Labute approximate surface area is 121 Å². The molecule has 0 fully saturated rings. The Kier molecular flexibility index (Phi) is 5.48. The first-order valence-corrected chi connectivity index (χ1v) is 7.31. The van der Waals surface area contributed by atoms with Crippen LogP contribution in [0.3, 0.4) is 0 Å². The molecule has 0 aliphatic rings. The average Bonchev–Trinajstić information content (AvgIpc) is 2.48. The van der Waals surface area contributed by atoms with Crippen molar-refractivity contribution in [3.05, 3.63) is 59.7 Å². The van der Waals surface area contributed by atoms with E-state index < -0.39 is 0 Å². The summed E-state index contributed by atoms with van der Waals surface area (Å²) >= 11 is 0. The lowest BCUT2D eigenvalue weighted by Crippen LogP contribution is -2.04. The Morgan fingerprint density at radius 2 is 1.75 bits per heavy atom. The average molecular weight is 269 g/mol. The molecule has 0 heterocycles. The van der Waals surface area contributed by atoms with E-state index in [0.29, 0.717) is 0 Å². The van der Waals surface area contributed by atoms with Crippen molar-refractivity contribution in [2.75, 3.05) is 11.9 Å². The van der Waals surface area contributed by atoms with E-state index in [2.05, 4.69) is 49.5 Å². The van der Waals surface area contributed by atoms with Crippen LogP contribution in [0.15, 0.2) is 48.5 Å². The molecule has 1 N–H and O–H groups in total. The molecule has 0 saturated carbocycles. The van der Waals surface area contributed by atoms with Crippen LogP contribution in [0.4, 0.5) is 5.69 Å². The van der Waals surface area contributed by atoms with Gasteiger partial charge in [-0.1, -0.05) is 49.7 Å². The molecule has 0 aliphatic carbocycles. The highest BCUT2D eigenvalue weighted by Gasteiger charge is 2.03. The van der Waals surface area contributed by atoms with Gasteiger partial charge in [0.2, 0.25) is 0 Å². The summed E-state index contributed by atoms with van der Waals surface area (Å²) < 4.78 is 5.83. The topological polar surface area (TPSA) is 21.3 Å². The molecule has 0 saturated heterocycles. The van der Waals surface area contributed by atoms with Crippen molar-refractivity contribution >= 4 is 5.69 Å². The lowest BCUT2D eigenvalue weighted by molar-refractivity contribution is 0.310. The van der Waals surface area contributed by atoms with Crippen molar-refractivity contribution < 1.29 is 4.74 Å². The van der Waals surface area contributed by atoms with Crippen LogP contribution in [-0.2, 0) is 6.54 Å². The maximum Gasteiger partial charge on any atom is 0.142 e. The van der Waals surface area contributed by atoms with Gasteiger partial charge in [0.1, 0.15) is 5.75 Å². The lowest BCUT2D eigenvalue weighted by atomic mass is 10.1. The Morgan fingerprint density at radius 3 is 2.55 bits per heavy atom. The van der Waals surface area contributed by atoms with Gasteiger partial charge in [0.15, 0.2) is 0 Å². The summed E-state index contributed by atoms with van der Waals surface area (Å²) in [4.78, 5) is 0. The summed E-state index contributed by atoms with van der Waals surface area (Å²) in [6.45, 7) is 5.91. The van der Waals surface area contributed by atoms with Crippen molar-refractivity contribution in [3.8, 4) is 5.75 Å². The number of unbranched alkanes of at least 4 members (excludes halogenated alkanes) is 1. The summed E-state index contributed by atoms with van der Waals surface area (Å²) in [7, 11) is 0. The number of benzene rings is 2. The minimum absolute atomic E-state index is 0.777. The first-order valence-electron chi connectivity index (χ1n) is 7.31. The molecule has 0 radical (unpaired) electrons. The van der Waals surface area contributed by atoms with E-state index in [0.717, 1.165) is 37.4 Å². The molecule has 0 unspecified atom stereocenters. The fraction of sp³-hybridized carbons (Fsp3) is 0.333. The van der Waals surface area contributed by atoms with Crippen LogP contribution in [0.1, 0.15) is 30.9 Å². The molecule has 0 aromatic heterocycles. The van der Waals surface area contributed by atoms with Crippen LogP contribution in [0.25, 0.3) is 0 Å². The smallest absolute Gasteiger partial charge is 0.142 e. The summed E-state index contributed by atoms with van der Waals surface area (Å²) in [5.41, 5.74) is 3.69. The van der Waals surface area contributed by atoms with E-state index in [1.54, 1.807) is 0 Å². The molecule has 20 heavy (non-hydrogen) atoms. The summed E-state index contributed by atoms with van der Waals surface area (Å²) in [6, 6.07) is 16.6. The largest absolute Gasteiger partial charge is 0.491 e. The number of aryl methyl sites for hydroxylation is 1. The summed E-state index contributed by atoms with van der Waals surface area (Å²) in [5.74, 6) is 0.939. The van der Waals surface area contributed by atoms with Crippen LogP contribution >= 0.6 is 0 Å². The van der Waals surface area contributed by atoms with Crippen LogP contribution in [-0.4, -0.2) is 6.61 Å². The maximum atomic E-state index is 5.83. The number of hydrogen-bond acceptors (Lipinski definition) is 2.